The monoisotopic (exact) mass is 639 g/mol. The summed E-state index contributed by atoms with van der Waals surface area (Å²) in [4.78, 5) is 29.5. The first kappa shape index (κ1) is 32.3. The van der Waals surface area contributed by atoms with Crippen LogP contribution in [0.2, 0.25) is 10.0 Å². The number of rotatable bonds is 13. The van der Waals surface area contributed by atoms with Crippen LogP contribution in [0.3, 0.4) is 0 Å². The standard InChI is InChI=1S/C33H35Cl2N3O4S/c1-3-4-19-36-33(40)31(21-24-11-6-5-7-12-24)37(22-25-17-18-28(34)29(35)20-25)32(39)23-38(43(2,41)42)30-16-10-14-26-13-8-9-15-27(26)30/h5-18,20,31H,3-4,19,21-23H2,1-2H3,(H,36,40)/t31-/m0/s1. The summed E-state index contributed by atoms with van der Waals surface area (Å²) in [6.07, 6.45) is 2.99. The Kier molecular flexibility index (Phi) is 11.1. The van der Waals surface area contributed by atoms with E-state index in [0.717, 1.165) is 34.4 Å². The third-order valence-electron chi connectivity index (χ3n) is 7.15. The number of sulfonamides is 1. The molecule has 0 spiro atoms. The zero-order valence-electron chi connectivity index (χ0n) is 24.2. The van der Waals surface area contributed by atoms with Crippen LogP contribution in [-0.4, -0.2) is 50.5 Å². The maximum atomic E-state index is 14.3. The Morgan fingerprint density at radius 1 is 0.860 bits per heavy atom. The average molecular weight is 641 g/mol. The zero-order valence-corrected chi connectivity index (χ0v) is 26.5. The minimum absolute atomic E-state index is 0.0154. The fourth-order valence-electron chi connectivity index (χ4n) is 4.92. The molecule has 0 aliphatic heterocycles. The van der Waals surface area contributed by atoms with Crippen molar-refractivity contribution >= 4 is 61.5 Å². The average Bonchev–Trinajstić information content (AvgIpc) is 2.99. The highest BCUT2D eigenvalue weighted by molar-refractivity contribution is 7.92. The Balaban J connectivity index is 1.78. The number of amides is 2. The lowest BCUT2D eigenvalue weighted by molar-refractivity contribution is -0.140. The van der Waals surface area contributed by atoms with Gasteiger partial charge in [-0.25, -0.2) is 8.42 Å². The number of carbonyl (C=O) groups excluding carboxylic acids is 2. The molecule has 4 aromatic rings. The lowest BCUT2D eigenvalue weighted by atomic mass is 10.0. The Labute approximate surface area is 263 Å². The second-order valence-corrected chi connectivity index (χ2v) is 13.1. The maximum Gasteiger partial charge on any atom is 0.244 e. The minimum Gasteiger partial charge on any atom is -0.354 e. The summed E-state index contributed by atoms with van der Waals surface area (Å²) in [6, 6.07) is 26.2. The van der Waals surface area contributed by atoms with Gasteiger partial charge in [0.1, 0.15) is 12.6 Å². The molecule has 0 unspecified atom stereocenters. The highest BCUT2D eigenvalue weighted by Crippen LogP contribution is 2.29. The lowest BCUT2D eigenvalue weighted by Crippen LogP contribution is -2.53. The first-order chi connectivity index (χ1) is 20.6. The second kappa shape index (κ2) is 14.7. The molecule has 1 atom stereocenters. The number of unbranched alkanes of at least 4 members (excludes halogenated alkanes) is 1. The van der Waals surface area contributed by atoms with Crippen LogP contribution in [0, 0.1) is 0 Å². The molecule has 0 saturated carbocycles. The molecule has 226 valence electrons. The second-order valence-electron chi connectivity index (χ2n) is 10.4. The molecule has 0 heterocycles. The number of benzene rings is 4. The molecule has 10 heteroatoms. The van der Waals surface area contributed by atoms with Gasteiger partial charge in [0.05, 0.1) is 22.0 Å². The van der Waals surface area contributed by atoms with Gasteiger partial charge in [0.2, 0.25) is 21.8 Å². The van der Waals surface area contributed by atoms with E-state index in [-0.39, 0.29) is 18.9 Å². The van der Waals surface area contributed by atoms with E-state index >= 15 is 0 Å². The number of fused-ring (bicyclic) bond motifs is 1. The van der Waals surface area contributed by atoms with Crippen molar-refractivity contribution in [1.29, 1.82) is 0 Å². The van der Waals surface area contributed by atoms with Gasteiger partial charge in [-0.3, -0.25) is 13.9 Å². The van der Waals surface area contributed by atoms with Crippen LogP contribution in [0.1, 0.15) is 30.9 Å². The van der Waals surface area contributed by atoms with Crippen molar-refractivity contribution in [2.45, 2.75) is 38.8 Å². The van der Waals surface area contributed by atoms with Crippen molar-refractivity contribution in [3.63, 3.8) is 0 Å². The van der Waals surface area contributed by atoms with Gasteiger partial charge in [0, 0.05) is 24.9 Å². The van der Waals surface area contributed by atoms with Gasteiger partial charge >= 0.3 is 0 Å². The van der Waals surface area contributed by atoms with Crippen LogP contribution < -0.4 is 9.62 Å². The quantitative estimate of drug-likeness (QED) is 0.170. The summed E-state index contributed by atoms with van der Waals surface area (Å²) in [5.74, 6) is -0.849. The third-order valence-corrected chi connectivity index (χ3v) is 9.02. The summed E-state index contributed by atoms with van der Waals surface area (Å²) in [6.45, 7) is 2.00. The Morgan fingerprint density at radius 2 is 1.56 bits per heavy atom. The molecular formula is C33H35Cl2N3O4S. The van der Waals surface area contributed by atoms with Crippen molar-refractivity contribution in [3.8, 4) is 0 Å². The van der Waals surface area contributed by atoms with Crippen molar-refractivity contribution in [2.24, 2.45) is 0 Å². The van der Waals surface area contributed by atoms with E-state index in [2.05, 4.69) is 5.32 Å². The molecule has 2 amide bonds. The van der Waals surface area contributed by atoms with Crippen molar-refractivity contribution < 1.29 is 18.0 Å². The van der Waals surface area contributed by atoms with Crippen molar-refractivity contribution in [2.75, 3.05) is 23.7 Å². The molecule has 4 aromatic carbocycles. The topological polar surface area (TPSA) is 86.8 Å². The fraction of sp³-hybridized carbons (Fsp3) is 0.273. The van der Waals surface area contributed by atoms with E-state index in [1.165, 1.54) is 4.90 Å². The molecular weight excluding hydrogens is 605 g/mol. The smallest absolute Gasteiger partial charge is 0.244 e. The van der Waals surface area contributed by atoms with Crippen molar-refractivity contribution in [3.05, 3.63) is 112 Å². The summed E-state index contributed by atoms with van der Waals surface area (Å²) >= 11 is 12.5. The summed E-state index contributed by atoms with van der Waals surface area (Å²) < 4.78 is 27.5. The number of hydrogen-bond acceptors (Lipinski definition) is 4. The molecule has 0 aliphatic rings. The van der Waals surface area contributed by atoms with E-state index in [9.17, 15) is 18.0 Å². The van der Waals surface area contributed by atoms with Gasteiger partial charge in [-0.2, -0.15) is 0 Å². The number of anilines is 1. The SMILES string of the molecule is CCCCNC(=O)[C@H](Cc1ccccc1)N(Cc1ccc(Cl)c(Cl)c1)C(=O)CN(c1cccc2ccccc12)S(C)(=O)=O. The van der Waals surface area contributed by atoms with E-state index < -0.39 is 28.5 Å². The van der Waals surface area contributed by atoms with Crippen LogP contribution >= 0.6 is 23.2 Å². The van der Waals surface area contributed by atoms with Gasteiger partial charge in [0.25, 0.3) is 0 Å². The molecule has 4 rings (SSSR count). The number of nitrogens with one attached hydrogen (secondary N) is 1. The fourth-order valence-corrected chi connectivity index (χ4v) is 6.10. The number of halogens is 2. The molecule has 0 aliphatic carbocycles. The lowest BCUT2D eigenvalue weighted by Gasteiger charge is -2.33. The minimum atomic E-state index is -3.90. The van der Waals surface area contributed by atoms with E-state index in [4.69, 9.17) is 23.2 Å². The number of hydrogen-bond donors (Lipinski definition) is 1. The number of nitrogens with zero attached hydrogens (tertiary/aromatic N) is 2. The summed E-state index contributed by atoms with van der Waals surface area (Å²) in [5, 5.41) is 5.18. The van der Waals surface area contributed by atoms with Gasteiger partial charge < -0.3 is 10.2 Å². The molecule has 7 nitrogen and oxygen atoms in total. The van der Waals surface area contributed by atoms with Crippen LogP contribution in [-0.2, 0) is 32.6 Å². The Morgan fingerprint density at radius 3 is 2.26 bits per heavy atom. The molecule has 0 bridgehead atoms. The maximum absolute atomic E-state index is 14.3. The highest BCUT2D eigenvalue weighted by atomic mass is 35.5. The molecule has 0 saturated heterocycles. The van der Waals surface area contributed by atoms with Crippen LogP contribution in [0.4, 0.5) is 5.69 Å². The van der Waals surface area contributed by atoms with Crippen LogP contribution in [0.15, 0.2) is 91.0 Å². The van der Waals surface area contributed by atoms with Gasteiger partial charge in [-0.05, 0) is 41.1 Å². The highest BCUT2D eigenvalue weighted by Gasteiger charge is 2.33. The summed E-state index contributed by atoms with van der Waals surface area (Å²) in [7, 11) is -3.90. The van der Waals surface area contributed by atoms with Gasteiger partial charge in [-0.1, -0.05) is 109 Å². The predicted octanol–water partition coefficient (Wildman–Crippen LogP) is 6.47. The first-order valence-corrected chi connectivity index (χ1v) is 16.7. The zero-order chi connectivity index (χ0) is 31.0. The van der Waals surface area contributed by atoms with Crippen LogP contribution in [0.5, 0.6) is 0 Å². The largest absolute Gasteiger partial charge is 0.354 e. The van der Waals surface area contributed by atoms with E-state index in [0.29, 0.717) is 33.2 Å². The normalized spacial score (nSPS) is 12.1. The molecule has 0 fully saturated rings. The predicted molar refractivity (Wildman–Crippen MR) is 175 cm³/mol. The summed E-state index contributed by atoms with van der Waals surface area (Å²) in [5.41, 5.74) is 1.90. The molecule has 43 heavy (non-hydrogen) atoms. The van der Waals surface area contributed by atoms with Gasteiger partial charge in [0.15, 0.2) is 0 Å². The van der Waals surface area contributed by atoms with Crippen molar-refractivity contribution in [1.82, 2.24) is 10.2 Å². The number of carbonyl (C=O) groups is 2. The third kappa shape index (κ3) is 8.50. The Bertz CT molecular complexity index is 1680. The first-order valence-electron chi connectivity index (χ1n) is 14.1. The van der Waals surface area contributed by atoms with Crippen LogP contribution in [0.25, 0.3) is 10.8 Å². The molecule has 0 aromatic heterocycles. The van der Waals surface area contributed by atoms with Gasteiger partial charge in [-0.15, -0.1) is 0 Å². The Hall–Kier alpha value is -3.59. The molecule has 1 N–H and O–H groups in total. The van der Waals surface area contributed by atoms with E-state index in [1.54, 1.807) is 30.3 Å². The van der Waals surface area contributed by atoms with E-state index in [1.807, 2.05) is 67.6 Å². The molecule has 0 radical (unpaired) electrons.